The highest BCUT2D eigenvalue weighted by molar-refractivity contribution is 5.80. The van der Waals surface area contributed by atoms with Gasteiger partial charge in [-0.3, -0.25) is 9.59 Å². The molecule has 0 spiro atoms. The van der Waals surface area contributed by atoms with Gasteiger partial charge < -0.3 is 20.5 Å². The number of hydrogen-bond acceptors (Lipinski definition) is 4. The molecule has 0 aromatic heterocycles. The molecule has 2 amide bonds. The SMILES string of the molecule is CC(C)CC(CNC(=O)C[C@@H](C)NC(=O)OCC1c2ccccc2-c2ccccc21)C(=O)O. The van der Waals surface area contributed by atoms with Crippen molar-refractivity contribution in [1.29, 1.82) is 0 Å². The summed E-state index contributed by atoms with van der Waals surface area (Å²) >= 11 is 0. The van der Waals surface area contributed by atoms with Gasteiger partial charge >= 0.3 is 12.1 Å². The maximum absolute atomic E-state index is 12.3. The average molecular weight is 453 g/mol. The molecule has 33 heavy (non-hydrogen) atoms. The third-order valence-corrected chi connectivity index (χ3v) is 5.85. The number of aliphatic carboxylic acids is 1. The van der Waals surface area contributed by atoms with E-state index in [4.69, 9.17) is 4.74 Å². The van der Waals surface area contributed by atoms with Crippen LogP contribution in [0, 0.1) is 11.8 Å². The van der Waals surface area contributed by atoms with Crippen molar-refractivity contribution >= 4 is 18.0 Å². The lowest BCUT2D eigenvalue weighted by Gasteiger charge is -2.18. The molecule has 2 aromatic rings. The summed E-state index contributed by atoms with van der Waals surface area (Å²) in [4.78, 5) is 35.9. The minimum atomic E-state index is -0.922. The van der Waals surface area contributed by atoms with Gasteiger partial charge in [0.05, 0.1) is 5.92 Å². The van der Waals surface area contributed by atoms with Crippen LogP contribution in [0.15, 0.2) is 48.5 Å². The van der Waals surface area contributed by atoms with Gasteiger partial charge in [0.2, 0.25) is 5.91 Å². The van der Waals surface area contributed by atoms with E-state index < -0.39 is 24.0 Å². The summed E-state index contributed by atoms with van der Waals surface area (Å²) in [6.45, 7) is 5.87. The van der Waals surface area contributed by atoms with Crippen molar-refractivity contribution in [2.24, 2.45) is 11.8 Å². The van der Waals surface area contributed by atoms with Crippen molar-refractivity contribution in [3.8, 4) is 11.1 Å². The maximum Gasteiger partial charge on any atom is 0.407 e. The lowest BCUT2D eigenvalue weighted by Crippen LogP contribution is -2.40. The van der Waals surface area contributed by atoms with Gasteiger partial charge in [-0.2, -0.15) is 0 Å². The highest BCUT2D eigenvalue weighted by Gasteiger charge is 2.29. The monoisotopic (exact) mass is 452 g/mol. The van der Waals surface area contributed by atoms with Crippen molar-refractivity contribution < 1.29 is 24.2 Å². The molecule has 3 N–H and O–H groups in total. The summed E-state index contributed by atoms with van der Waals surface area (Å²) in [6, 6.07) is 15.8. The normalized spacial score (nSPS) is 14.2. The second-order valence-electron chi connectivity index (χ2n) is 9.04. The van der Waals surface area contributed by atoms with Gasteiger partial charge in [0.25, 0.3) is 0 Å². The van der Waals surface area contributed by atoms with E-state index in [1.165, 1.54) is 0 Å². The van der Waals surface area contributed by atoms with Crippen LogP contribution in [0.3, 0.4) is 0 Å². The van der Waals surface area contributed by atoms with Crippen LogP contribution in [0.1, 0.15) is 50.7 Å². The molecule has 0 radical (unpaired) electrons. The number of carbonyl (C=O) groups is 3. The van der Waals surface area contributed by atoms with E-state index in [1.807, 2.05) is 38.1 Å². The number of nitrogens with one attached hydrogen (secondary N) is 2. The zero-order valence-corrected chi connectivity index (χ0v) is 19.3. The molecule has 2 aromatic carbocycles. The van der Waals surface area contributed by atoms with Crippen LogP contribution in [0.4, 0.5) is 4.79 Å². The highest BCUT2D eigenvalue weighted by atomic mass is 16.5. The fraction of sp³-hybridized carbons (Fsp3) is 0.423. The molecule has 176 valence electrons. The molecular weight excluding hydrogens is 420 g/mol. The number of carbonyl (C=O) groups excluding carboxylic acids is 2. The van der Waals surface area contributed by atoms with Crippen LogP contribution >= 0.6 is 0 Å². The van der Waals surface area contributed by atoms with Gasteiger partial charge in [-0.1, -0.05) is 62.4 Å². The number of hydrogen-bond donors (Lipinski definition) is 3. The molecule has 1 aliphatic rings. The number of rotatable bonds is 10. The Morgan fingerprint density at radius 3 is 2.09 bits per heavy atom. The Bertz CT molecular complexity index is 958. The number of carboxylic acid groups (broad SMARTS) is 1. The highest BCUT2D eigenvalue weighted by Crippen LogP contribution is 2.44. The van der Waals surface area contributed by atoms with Crippen molar-refractivity contribution in [1.82, 2.24) is 10.6 Å². The molecule has 0 heterocycles. The molecule has 2 atom stereocenters. The second kappa shape index (κ2) is 11.0. The standard InChI is InChI=1S/C26H32N2O5/c1-16(2)12-18(25(30)31)14-27-24(29)13-17(3)28-26(32)33-15-23-21-10-6-4-8-19(21)20-9-5-7-11-22(20)23/h4-11,16-18,23H,12-15H2,1-3H3,(H,27,29)(H,28,32)(H,30,31)/t17-,18?/m1/s1. The molecule has 0 fully saturated rings. The summed E-state index contributed by atoms with van der Waals surface area (Å²) in [5, 5.41) is 14.6. The predicted octanol–water partition coefficient (Wildman–Crippen LogP) is 4.17. The van der Waals surface area contributed by atoms with E-state index in [0.717, 1.165) is 22.3 Å². The Hall–Kier alpha value is -3.35. The zero-order valence-electron chi connectivity index (χ0n) is 19.3. The maximum atomic E-state index is 12.3. The molecule has 7 heteroatoms. The van der Waals surface area contributed by atoms with E-state index in [9.17, 15) is 19.5 Å². The molecule has 0 saturated carbocycles. The third-order valence-electron chi connectivity index (χ3n) is 5.85. The van der Waals surface area contributed by atoms with Crippen molar-refractivity contribution in [2.45, 2.75) is 45.6 Å². The summed E-state index contributed by atoms with van der Waals surface area (Å²) in [5.41, 5.74) is 4.58. The molecule has 0 aliphatic heterocycles. The predicted molar refractivity (Wildman–Crippen MR) is 126 cm³/mol. The Labute approximate surface area is 194 Å². The fourth-order valence-corrected chi connectivity index (χ4v) is 4.32. The number of fused-ring (bicyclic) bond motifs is 3. The van der Waals surface area contributed by atoms with Gasteiger partial charge in [-0.25, -0.2) is 4.79 Å². The third kappa shape index (κ3) is 6.34. The molecular formula is C26H32N2O5. The van der Waals surface area contributed by atoms with Gasteiger partial charge in [-0.15, -0.1) is 0 Å². The molecule has 0 saturated heterocycles. The topological polar surface area (TPSA) is 105 Å². The number of carboxylic acids is 1. The first-order valence-electron chi connectivity index (χ1n) is 11.4. The zero-order chi connectivity index (χ0) is 24.0. The number of benzene rings is 2. The van der Waals surface area contributed by atoms with Crippen LogP contribution in [0.2, 0.25) is 0 Å². The first-order chi connectivity index (χ1) is 15.8. The minimum Gasteiger partial charge on any atom is -0.481 e. The first-order valence-corrected chi connectivity index (χ1v) is 11.4. The Morgan fingerprint density at radius 2 is 1.55 bits per heavy atom. The average Bonchev–Trinajstić information content (AvgIpc) is 3.08. The lowest BCUT2D eigenvalue weighted by molar-refractivity contribution is -0.142. The van der Waals surface area contributed by atoms with E-state index in [1.54, 1.807) is 6.92 Å². The van der Waals surface area contributed by atoms with Gasteiger partial charge in [0, 0.05) is 24.9 Å². The van der Waals surface area contributed by atoms with Crippen LogP contribution < -0.4 is 10.6 Å². The molecule has 1 unspecified atom stereocenters. The summed E-state index contributed by atoms with van der Waals surface area (Å²) in [7, 11) is 0. The smallest absolute Gasteiger partial charge is 0.407 e. The molecule has 0 bridgehead atoms. The van der Waals surface area contributed by atoms with Crippen LogP contribution in [-0.2, 0) is 14.3 Å². The summed E-state index contributed by atoms with van der Waals surface area (Å²) < 4.78 is 5.51. The lowest BCUT2D eigenvalue weighted by atomic mass is 9.97. The fourth-order valence-electron chi connectivity index (χ4n) is 4.32. The molecule has 1 aliphatic carbocycles. The second-order valence-corrected chi connectivity index (χ2v) is 9.04. The van der Waals surface area contributed by atoms with Crippen LogP contribution in [0.25, 0.3) is 11.1 Å². The largest absolute Gasteiger partial charge is 0.481 e. The molecule has 7 nitrogen and oxygen atoms in total. The van der Waals surface area contributed by atoms with Gasteiger partial charge in [0.15, 0.2) is 0 Å². The quantitative estimate of drug-likeness (QED) is 0.502. The summed E-state index contributed by atoms with van der Waals surface area (Å²) in [5.74, 6) is -1.67. The van der Waals surface area contributed by atoms with E-state index in [0.29, 0.717) is 6.42 Å². The number of ether oxygens (including phenoxy) is 1. The van der Waals surface area contributed by atoms with E-state index in [-0.39, 0.29) is 37.3 Å². The first kappa shape index (κ1) is 24.3. The van der Waals surface area contributed by atoms with E-state index >= 15 is 0 Å². The van der Waals surface area contributed by atoms with Crippen molar-refractivity contribution in [3.05, 3.63) is 59.7 Å². The minimum absolute atomic E-state index is 0.0318. The van der Waals surface area contributed by atoms with Crippen molar-refractivity contribution in [2.75, 3.05) is 13.2 Å². The van der Waals surface area contributed by atoms with Gasteiger partial charge in [0.1, 0.15) is 6.61 Å². The molecule has 3 rings (SSSR count). The number of alkyl carbamates (subject to hydrolysis) is 1. The van der Waals surface area contributed by atoms with Crippen LogP contribution in [-0.4, -0.2) is 42.3 Å². The Kier molecular flexibility index (Phi) is 8.09. The van der Waals surface area contributed by atoms with Gasteiger partial charge in [-0.05, 0) is 41.5 Å². The Morgan fingerprint density at radius 1 is 0.970 bits per heavy atom. The van der Waals surface area contributed by atoms with E-state index in [2.05, 4.69) is 34.9 Å². The van der Waals surface area contributed by atoms with Crippen molar-refractivity contribution in [3.63, 3.8) is 0 Å². The van der Waals surface area contributed by atoms with Crippen LogP contribution in [0.5, 0.6) is 0 Å². The number of amides is 2. The Balaban J connectivity index is 1.47. The summed E-state index contributed by atoms with van der Waals surface area (Å²) in [6.07, 6.45) is -0.0538.